The minimum atomic E-state index is -1.27. The molecule has 9 heteroatoms. The van der Waals surface area contributed by atoms with E-state index in [1.165, 1.54) is 10.6 Å². The number of amides is 2. The smallest absolute Gasteiger partial charge is 0.269 e. The highest BCUT2D eigenvalue weighted by atomic mass is 19.1. The molecule has 0 spiro atoms. The first kappa shape index (κ1) is 23.2. The summed E-state index contributed by atoms with van der Waals surface area (Å²) in [5.41, 5.74) is 3.90. The zero-order chi connectivity index (χ0) is 26.2. The van der Waals surface area contributed by atoms with Gasteiger partial charge >= 0.3 is 0 Å². The van der Waals surface area contributed by atoms with E-state index in [-0.39, 0.29) is 22.5 Å². The summed E-state index contributed by atoms with van der Waals surface area (Å²) in [6.45, 7) is 1.81. The Labute approximate surface area is 216 Å². The molecule has 1 atom stereocenters. The third-order valence-electron chi connectivity index (χ3n) is 6.33. The maximum atomic E-state index is 14.8. The SMILES string of the molecule is Cc1ccnc2c(C(=O)N[C@H]3N=C(c4ccccc4)c4ccccc4NC3=O)c(-c3ccccc3F)nn12. The highest BCUT2D eigenvalue weighted by Crippen LogP contribution is 2.29. The van der Waals surface area contributed by atoms with Crippen molar-refractivity contribution < 1.29 is 14.0 Å². The average Bonchev–Trinajstić information content (AvgIpc) is 3.26. The fourth-order valence-corrected chi connectivity index (χ4v) is 4.49. The predicted octanol–water partition coefficient (Wildman–Crippen LogP) is 4.39. The topological polar surface area (TPSA) is 101 Å². The van der Waals surface area contributed by atoms with Crippen LogP contribution in [0.5, 0.6) is 0 Å². The number of nitrogens with one attached hydrogen (secondary N) is 2. The van der Waals surface area contributed by atoms with Crippen LogP contribution in [0.1, 0.15) is 27.2 Å². The van der Waals surface area contributed by atoms with E-state index in [0.717, 1.165) is 11.1 Å². The Morgan fingerprint density at radius 3 is 2.45 bits per heavy atom. The maximum absolute atomic E-state index is 14.8. The number of para-hydroxylation sites is 1. The molecule has 0 saturated carbocycles. The molecule has 2 aromatic heterocycles. The normalized spacial score (nSPS) is 14.8. The van der Waals surface area contributed by atoms with Crippen molar-refractivity contribution in [2.24, 2.45) is 4.99 Å². The zero-order valence-corrected chi connectivity index (χ0v) is 20.2. The van der Waals surface area contributed by atoms with Crippen LogP contribution in [0.25, 0.3) is 16.9 Å². The molecule has 38 heavy (non-hydrogen) atoms. The van der Waals surface area contributed by atoms with E-state index in [1.54, 1.807) is 43.5 Å². The summed E-state index contributed by atoms with van der Waals surface area (Å²) in [5, 5.41) is 10.1. The summed E-state index contributed by atoms with van der Waals surface area (Å²) in [6, 6.07) is 24.5. The molecular formula is C29H21FN6O2. The van der Waals surface area contributed by atoms with Crippen molar-refractivity contribution in [3.8, 4) is 11.3 Å². The molecule has 0 saturated heterocycles. The lowest BCUT2D eigenvalue weighted by molar-refractivity contribution is -0.117. The molecule has 1 aliphatic heterocycles. The summed E-state index contributed by atoms with van der Waals surface area (Å²) >= 11 is 0. The summed E-state index contributed by atoms with van der Waals surface area (Å²) in [7, 11) is 0. The number of rotatable bonds is 4. The van der Waals surface area contributed by atoms with Gasteiger partial charge in [-0.3, -0.25) is 9.59 Å². The Bertz CT molecular complexity index is 1750. The van der Waals surface area contributed by atoms with Crippen LogP contribution >= 0.6 is 0 Å². The third-order valence-corrected chi connectivity index (χ3v) is 6.33. The molecule has 186 valence electrons. The van der Waals surface area contributed by atoms with Crippen LogP contribution in [0.3, 0.4) is 0 Å². The average molecular weight is 505 g/mol. The van der Waals surface area contributed by atoms with Gasteiger partial charge in [0.15, 0.2) is 5.65 Å². The van der Waals surface area contributed by atoms with Crippen molar-refractivity contribution >= 4 is 28.9 Å². The molecule has 2 amide bonds. The summed E-state index contributed by atoms with van der Waals surface area (Å²) < 4.78 is 16.3. The largest absolute Gasteiger partial charge is 0.322 e. The van der Waals surface area contributed by atoms with E-state index < -0.39 is 23.8 Å². The van der Waals surface area contributed by atoms with Crippen molar-refractivity contribution in [2.75, 3.05) is 5.32 Å². The molecule has 5 aromatic rings. The van der Waals surface area contributed by atoms with Crippen LogP contribution in [-0.2, 0) is 4.79 Å². The van der Waals surface area contributed by atoms with E-state index in [9.17, 15) is 14.0 Å². The molecule has 3 aromatic carbocycles. The van der Waals surface area contributed by atoms with E-state index in [2.05, 4.69) is 25.7 Å². The van der Waals surface area contributed by atoms with Gasteiger partial charge in [0.25, 0.3) is 11.8 Å². The van der Waals surface area contributed by atoms with Gasteiger partial charge < -0.3 is 10.6 Å². The number of nitrogens with zero attached hydrogens (tertiary/aromatic N) is 4. The molecule has 1 aliphatic rings. The van der Waals surface area contributed by atoms with Gasteiger partial charge in [-0.1, -0.05) is 60.7 Å². The van der Waals surface area contributed by atoms with Gasteiger partial charge in [-0.05, 0) is 31.2 Å². The van der Waals surface area contributed by atoms with Crippen molar-refractivity contribution in [2.45, 2.75) is 13.1 Å². The second-order valence-electron chi connectivity index (χ2n) is 8.78. The molecule has 6 rings (SSSR count). The third kappa shape index (κ3) is 4.00. The van der Waals surface area contributed by atoms with Gasteiger partial charge in [-0.15, -0.1) is 0 Å². The molecule has 3 heterocycles. The van der Waals surface area contributed by atoms with Gasteiger partial charge in [0, 0.05) is 28.6 Å². The summed E-state index contributed by atoms with van der Waals surface area (Å²) in [4.78, 5) is 36.1. The first-order valence-corrected chi connectivity index (χ1v) is 11.9. The number of benzodiazepines with no additional fused rings is 1. The molecule has 0 radical (unpaired) electrons. The standard InChI is InChI=1S/C29H21FN6O2/c1-17-15-16-31-27-23(25(35-36(17)27)19-11-5-7-13-21(19)30)28(37)34-26-29(38)32-22-14-8-6-12-20(22)24(33-26)18-9-3-2-4-10-18/h2-16,26H,1H3,(H,32,38)(H,34,37)/t26-/m1/s1. The number of hydrogen-bond acceptors (Lipinski definition) is 5. The first-order valence-electron chi connectivity index (χ1n) is 11.9. The molecule has 8 nitrogen and oxygen atoms in total. The van der Waals surface area contributed by atoms with Crippen LogP contribution < -0.4 is 10.6 Å². The number of halogens is 1. The van der Waals surface area contributed by atoms with Gasteiger partial charge in [0.2, 0.25) is 6.17 Å². The molecule has 0 unspecified atom stereocenters. The second kappa shape index (κ2) is 9.36. The number of benzene rings is 3. The zero-order valence-electron chi connectivity index (χ0n) is 20.2. The number of fused-ring (bicyclic) bond motifs is 2. The summed E-state index contributed by atoms with van der Waals surface area (Å²) in [5.74, 6) is -1.70. The predicted molar refractivity (Wildman–Crippen MR) is 142 cm³/mol. The lowest BCUT2D eigenvalue weighted by Crippen LogP contribution is -2.42. The molecule has 0 aliphatic carbocycles. The number of anilines is 1. The Hall–Kier alpha value is -5.18. The van der Waals surface area contributed by atoms with Crippen molar-refractivity contribution in [1.82, 2.24) is 19.9 Å². The number of carbonyl (C=O) groups is 2. The fraction of sp³-hybridized carbons (Fsp3) is 0.0690. The van der Waals surface area contributed by atoms with Crippen molar-refractivity contribution in [3.63, 3.8) is 0 Å². The highest BCUT2D eigenvalue weighted by molar-refractivity contribution is 6.20. The number of aryl methyl sites for hydroxylation is 1. The van der Waals surface area contributed by atoms with Crippen LogP contribution in [0, 0.1) is 12.7 Å². The van der Waals surface area contributed by atoms with Crippen molar-refractivity contribution in [3.05, 3.63) is 119 Å². The van der Waals surface area contributed by atoms with Gasteiger partial charge in [0.1, 0.15) is 17.1 Å². The van der Waals surface area contributed by atoms with E-state index in [1.807, 2.05) is 48.5 Å². The second-order valence-corrected chi connectivity index (χ2v) is 8.78. The van der Waals surface area contributed by atoms with E-state index in [4.69, 9.17) is 0 Å². The van der Waals surface area contributed by atoms with E-state index in [0.29, 0.717) is 17.1 Å². The maximum Gasteiger partial charge on any atom is 0.269 e. The lowest BCUT2D eigenvalue weighted by atomic mass is 10.0. The number of aromatic nitrogens is 3. The summed E-state index contributed by atoms with van der Waals surface area (Å²) in [6.07, 6.45) is 0.285. The lowest BCUT2D eigenvalue weighted by Gasteiger charge is -2.13. The first-order chi connectivity index (χ1) is 18.5. The monoisotopic (exact) mass is 504 g/mol. The van der Waals surface area contributed by atoms with Gasteiger partial charge in [0.05, 0.1) is 11.4 Å². The molecular weight excluding hydrogens is 483 g/mol. The highest BCUT2D eigenvalue weighted by Gasteiger charge is 2.31. The molecule has 0 fully saturated rings. The number of aliphatic imine (C=N–C) groups is 1. The minimum Gasteiger partial charge on any atom is -0.322 e. The van der Waals surface area contributed by atoms with E-state index >= 15 is 0 Å². The number of carbonyl (C=O) groups excluding carboxylic acids is 2. The van der Waals surface area contributed by atoms with Crippen molar-refractivity contribution in [1.29, 1.82) is 0 Å². The van der Waals surface area contributed by atoms with Crippen LogP contribution in [0.4, 0.5) is 10.1 Å². The van der Waals surface area contributed by atoms with Gasteiger partial charge in [-0.25, -0.2) is 18.9 Å². The molecule has 2 N–H and O–H groups in total. The number of hydrogen-bond donors (Lipinski definition) is 2. The Morgan fingerprint density at radius 2 is 1.66 bits per heavy atom. The Kier molecular flexibility index (Phi) is 5.72. The van der Waals surface area contributed by atoms with Crippen LogP contribution in [-0.4, -0.2) is 38.3 Å². The molecule has 0 bridgehead atoms. The van der Waals surface area contributed by atoms with Crippen LogP contribution in [0.2, 0.25) is 0 Å². The van der Waals surface area contributed by atoms with Gasteiger partial charge in [-0.2, -0.15) is 5.10 Å². The Morgan fingerprint density at radius 1 is 0.947 bits per heavy atom. The quantitative estimate of drug-likeness (QED) is 0.379. The minimum absolute atomic E-state index is 0.0461. The Balaban J connectivity index is 1.47. The van der Waals surface area contributed by atoms with Crippen LogP contribution in [0.15, 0.2) is 96.1 Å². The fourth-order valence-electron chi connectivity index (χ4n) is 4.49.